The minimum absolute atomic E-state index is 0.0281. The van der Waals surface area contributed by atoms with Gasteiger partial charge in [0.1, 0.15) is 17.4 Å². The highest BCUT2D eigenvalue weighted by atomic mass is 16.8. The van der Waals surface area contributed by atoms with Gasteiger partial charge in [-0.3, -0.25) is 14.4 Å². The Hall–Kier alpha value is -2.29. The minimum Gasteiger partial charge on any atom is -0.507 e. The van der Waals surface area contributed by atoms with Crippen molar-refractivity contribution in [2.75, 3.05) is 6.54 Å². The van der Waals surface area contributed by atoms with E-state index in [9.17, 15) is 19.5 Å². The van der Waals surface area contributed by atoms with Crippen molar-refractivity contribution in [3.8, 4) is 0 Å². The zero-order valence-corrected chi connectivity index (χ0v) is 17.7. The summed E-state index contributed by atoms with van der Waals surface area (Å²) >= 11 is 0. The molecule has 1 amide bonds. The monoisotopic (exact) mass is 417 g/mol. The molecule has 4 aliphatic heterocycles. The summed E-state index contributed by atoms with van der Waals surface area (Å²) < 4.78 is 18.0. The third-order valence-electron chi connectivity index (χ3n) is 6.67. The molecule has 4 aliphatic rings. The molecule has 30 heavy (non-hydrogen) atoms. The van der Waals surface area contributed by atoms with Crippen LogP contribution in [-0.2, 0) is 28.6 Å². The van der Waals surface area contributed by atoms with Crippen LogP contribution in [0.15, 0.2) is 35.1 Å². The van der Waals surface area contributed by atoms with E-state index in [0.29, 0.717) is 0 Å². The average molecular weight is 417 g/mol. The van der Waals surface area contributed by atoms with Gasteiger partial charge in [-0.25, -0.2) is 0 Å². The van der Waals surface area contributed by atoms with Crippen LogP contribution in [0.3, 0.4) is 0 Å². The molecule has 7 atom stereocenters. The molecular weight excluding hydrogens is 390 g/mol. The summed E-state index contributed by atoms with van der Waals surface area (Å²) in [5, 5.41) is 12.5. The fourth-order valence-corrected chi connectivity index (χ4v) is 4.67. The number of carbonyl (C=O) groups is 3. The third kappa shape index (κ3) is 3.05. The van der Waals surface area contributed by atoms with Crippen molar-refractivity contribution in [3.63, 3.8) is 0 Å². The Morgan fingerprint density at radius 2 is 1.90 bits per heavy atom. The summed E-state index contributed by atoms with van der Waals surface area (Å²) in [6.07, 6.45) is 3.64. The maximum atomic E-state index is 12.7. The van der Waals surface area contributed by atoms with Gasteiger partial charge in [-0.05, 0) is 26.8 Å². The molecule has 2 bridgehead atoms. The molecule has 0 radical (unpaired) electrons. The highest BCUT2D eigenvalue weighted by Crippen LogP contribution is 2.57. The number of ketones is 2. The topological polar surface area (TPSA) is 114 Å². The van der Waals surface area contributed by atoms with Gasteiger partial charge in [0, 0.05) is 11.8 Å². The van der Waals surface area contributed by atoms with Gasteiger partial charge in [0.15, 0.2) is 29.1 Å². The summed E-state index contributed by atoms with van der Waals surface area (Å²) in [5.74, 6) is -2.59. The van der Waals surface area contributed by atoms with Crippen LogP contribution in [0.25, 0.3) is 0 Å². The summed E-state index contributed by atoms with van der Waals surface area (Å²) in [5.41, 5.74) is -0.167. The first kappa shape index (κ1) is 21.0. The number of epoxide rings is 1. The number of rotatable bonds is 4. The molecule has 4 rings (SSSR count). The lowest BCUT2D eigenvalue weighted by atomic mass is 9.78. The summed E-state index contributed by atoms with van der Waals surface area (Å²) in [6.45, 7) is 9.34. The standard InChI is InChI=1S/C22H27NO7/c1-10(6-7-13(24)15-14(25)9-23-20(15)27)8-11(2)17-12(3)18-16(26)19-21(4,30-19)22(5,28-17)29-18/h6-8,11-12,17-19,24H,9H2,1-5H3,(H,23,27)/b7-6+,10-8+,15-13+/t11-,12-,17-,18?,19+,21+,22?/m1/s1. The minimum atomic E-state index is -0.988. The molecule has 0 aliphatic carbocycles. The van der Waals surface area contributed by atoms with E-state index >= 15 is 0 Å². The molecule has 0 saturated carbocycles. The number of aliphatic hydroxyl groups is 1. The van der Waals surface area contributed by atoms with E-state index in [1.165, 1.54) is 6.08 Å². The second-order valence-electron chi connectivity index (χ2n) is 8.90. The Bertz CT molecular complexity index is 900. The van der Waals surface area contributed by atoms with Crippen LogP contribution < -0.4 is 5.32 Å². The van der Waals surface area contributed by atoms with Crippen molar-refractivity contribution in [1.82, 2.24) is 5.32 Å². The Labute approximate surface area is 174 Å². The Morgan fingerprint density at radius 1 is 1.20 bits per heavy atom. The first-order valence-electron chi connectivity index (χ1n) is 10.2. The zero-order valence-electron chi connectivity index (χ0n) is 17.7. The molecule has 2 N–H and O–H groups in total. The summed E-state index contributed by atoms with van der Waals surface area (Å²) in [7, 11) is 0. The van der Waals surface area contributed by atoms with E-state index in [-0.39, 0.29) is 41.6 Å². The van der Waals surface area contributed by atoms with Gasteiger partial charge in [-0.15, -0.1) is 0 Å². The maximum absolute atomic E-state index is 12.7. The Morgan fingerprint density at radius 3 is 2.53 bits per heavy atom. The molecule has 162 valence electrons. The summed E-state index contributed by atoms with van der Waals surface area (Å²) in [6, 6.07) is 0. The smallest absolute Gasteiger partial charge is 0.259 e. The highest BCUT2D eigenvalue weighted by molar-refractivity contribution is 6.25. The second-order valence-corrected chi connectivity index (χ2v) is 8.90. The SMILES string of the molecule is CC(/C=C/C(O)=C1/C(=O)CNC1=O)=C\[C@@H](C)[C@H]1OC2(C)OC(C(=O)[C@@H]3O[C@@]32C)[C@@H]1C. The number of allylic oxidation sites excluding steroid dienone is 3. The Balaban J connectivity index is 1.51. The van der Waals surface area contributed by atoms with Crippen molar-refractivity contribution >= 4 is 17.5 Å². The molecule has 0 aromatic heterocycles. The third-order valence-corrected chi connectivity index (χ3v) is 6.67. The number of amides is 1. The van der Waals surface area contributed by atoms with Crippen LogP contribution in [0, 0.1) is 11.8 Å². The number of hydrogen-bond acceptors (Lipinski definition) is 7. The van der Waals surface area contributed by atoms with Gasteiger partial charge < -0.3 is 24.6 Å². The number of fused-ring (bicyclic) bond motifs is 4. The number of carbonyl (C=O) groups excluding carboxylic acids is 3. The van der Waals surface area contributed by atoms with E-state index < -0.39 is 35.3 Å². The predicted octanol–water partition coefficient (Wildman–Crippen LogP) is 1.51. The number of hydrogen-bond donors (Lipinski definition) is 2. The van der Waals surface area contributed by atoms with Crippen molar-refractivity contribution in [3.05, 3.63) is 35.1 Å². The van der Waals surface area contributed by atoms with E-state index in [4.69, 9.17) is 14.2 Å². The van der Waals surface area contributed by atoms with Gasteiger partial charge in [0.25, 0.3) is 5.91 Å². The molecule has 8 nitrogen and oxygen atoms in total. The van der Waals surface area contributed by atoms with Crippen molar-refractivity contribution in [2.45, 2.75) is 64.3 Å². The second kappa shape index (κ2) is 6.87. The fraction of sp³-hybridized carbons (Fsp3) is 0.591. The number of aliphatic hydroxyl groups excluding tert-OH is 1. The molecule has 2 unspecified atom stereocenters. The molecule has 4 heterocycles. The predicted molar refractivity (Wildman–Crippen MR) is 105 cm³/mol. The maximum Gasteiger partial charge on any atom is 0.259 e. The van der Waals surface area contributed by atoms with E-state index in [0.717, 1.165) is 5.57 Å². The molecule has 0 spiro atoms. The lowest BCUT2D eigenvalue weighted by Crippen LogP contribution is -2.66. The molecular formula is C22H27NO7. The van der Waals surface area contributed by atoms with Crippen molar-refractivity contribution < 1.29 is 33.7 Å². The first-order chi connectivity index (χ1) is 14.0. The first-order valence-corrected chi connectivity index (χ1v) is 10.2. The van der Waals surface area contributed by atoms with Gasteiger partial charge in [0.05, 0.1) is 12.6 Å². The average Bonchev–Trinajstić information content (AvgIpc) is 3.29. The van der Waals surface area contributed by atoms with E-state index in [2.05, 4.69) is 5.32 Å². The fourth-order valence-electron chi connectivity index (χ4n) is 4.67. The quantitative estimate of drug-likeness (QED) is 0.234. The normalized spacial score (nSPS) is 43.5. The van der Waals surface area contributed by atoms with E-state index in [1.807, 2.05) is 40.7 Å². The molecule has 4 fully saturated rings. The van der Waals surface area contributed by atoms with Crippen LogP contribution in [0.2, 0.25) is 0 Å². The van der Waals surface area contributed by atoms with E-state index in [1.54, 1.807) is 6.08 Å². The molecule has 4 saturated heterocycles. The lowest BCUT2D eigenvalue weighted by molar-refractivity contribution is -0.350. The number of Topliss-reactive ketones (excluding diaryl/α,β-unsaturated/α-hetero) is 2. The largest absolute Gasteiger partial charge is 0.507 e. The van der Waals surface area contributed by atoms with Crippen LogP contribution in [0.5, 0.6) is 0 Å². The lowest BCUT2D eigenvalue weighted by Gasteiger charge is -2.51. The van der Waals surface area contributed by atoms with Crippen molar-refractivity contribution in [2.24, 2.45) is 11.8 Å². The van der Waals surface area contributed by atoms with Crippen LogP contribution in [0.1, 0.15) is 34.6 Å². The Kier molecular flexibility index (Phi) is 4.80. The number of ether oxygens (including phenoxy) is 3. The van der Waals surface area contributed by atoms with Crippen LogP contribution in [-0.4, -0.2) is 58.8 Å². The molecule has 0 aromatic rings. The van der Waals surface area contributed by atoms with Gasteiger partial charge in [-0.1, -0.05) is 31.6 Å². The van der Waals surface area contributed by atoms with Gasteiger partial charge in [-0.2, -0.15) is 0 Å². The van der Waals surface area contributed by atoms with Crippen LogP contribution >= 0.6 is 0 Å². The molecule has 0 aromatic carbocycles. The highest BCUT2D eigenvalue weighted by Gasteiger charge is 2.76. The molecule has 8 heteroatoms. The van der Waals surface area contributed by atoms with Gasteiger partial charge >= 0.3 is 0 Å². The number of nitrogens with one attached hydrogen (secondary N) is 1. The van der Waals surface area contributed by atoms with Crippen LogP contribution in [0.4, 0.5) is 0 Å². The van der Waals surface area contributed by atoms with Gasteiger partial charge in [0.2, 0.25) is 0 Å². The zero-order chi connectivity index (χ0) is 22.0. The summed E-state index contributed by atoms with van der Waals surface area (Å²) in [4.78, 5) is 36.0. The van der Waals surface area contributed by atoms with Crippen molar-refractivity contribution in [1.29, 1.82) is 0 Å².